The van der Waals surface area contributed by atoms with E-state index in [1.807, 2.05) is 35.0 Å². The molecule has 1 N–H and O–H groups in total. The van der Waals surface area contributed by atoms with E-state index in [0.717, 1.165) is 16.9 Å². The van der Waals surface area contributed by atoms with E-state index in [0.29, 0.717) is 5.92 Å². The van der Waals surface area contributed by atoms with Crippen LogP contribution >= 0.6 is 0 Å². The molecule has 3 heteroatoms. The average Bonchev–Trinajstić information content (AvgIpc) is 2.88. The third-order valence-electron chi connectivity index (χ3n) is 4.03. The number of nitrogens with zero attached hydrogens (tertiary/aromatic N) is 2. The normalized spacial score (nSPS) is 18.1. The van der Waals surface area contributed by atoms with Crippen LogP contribution in [0.15, 0.2) is 36.2 Å². The topological polar surface area (TPSA) is 37.5 Å². The number of fused-ring (bicyclic) bond motifs is 1. The lowest BCUT2D eigenvalue weighted by atomic mass is 9.83. The summed E-state index contributed by atoms with van der Waals surface area (Å²) in [5.74, 6) is 0.545. The Bertz CT molecular complexity index is 546. The molecule has 0 aromatic carbocycles. The molecule has 19 heavy (non-hydrogen) atoms. The molecular formula is C16H20N2O. The quantitative estimate of drug-likeness (QED) is 0.915. The molecule has 0 bridgehead atoms. The first-order valence-corrected chi connectivity index (χ1v) is 7.12. The molecule has 100 valence electrons. The first-order valence-electron chi connectivity index (χ1n) is 7.12. The van der Waals surface area contributed by atoms with E-state index >= 15 is 0 Å². The van der Waals surface area contributed by atoms with Gasteiger partial charge in [0.1, 0.15) is 5.65 Å². The highest BCUT2D eigenvalue weighted by molar-refractivity contribution is 5.54. The van der Waals surface area contributed by atoms with Crippen molar-refractivity contribution in [3.63, 3.8) is 0 Å². The van der Waals surface area contributed by atoms with Gasteiger partial charge in [0.15, 0.2) is 0 Å². The highest BCUT2D eigenvalue weighted by Gasteiger charge is 2.17. The van der Waals surface area contributed by atoms with E-state index in [4.69, 9.17) is 0 Å². The van der Waals surface area contributed by atoms with Crippen LogP contribution in [0.4, 0.5) is 0 Å². The van der Waals surface area contributed by atoms with E-state index in [1.165, 1.54) is 32.1 Å². The van der Waals surface area contributed by atoms with Crippen molar-refractivity contribution in [2.24, 2.45) is 5.92 Å². The zero-order valence-electron chi connectivity index (χ0n) is 11.1. The van der Waals surface area contributed by atoms with Gasteiger partial charge in [-0.3, -0.25) is 0 Å². The Hall–Kier alpha value is -1.61. The summed E-state index contributed by atoms with van der Waals surface area (Å²) in [4.78, 5) is 4.57. The first kappa shape index (κ1) is 12.4. The Morgan fingerprint density at radius 2 is 2.16 bits per heavy atom. The summed E-state index contributed by atoms with van der Waals surface area (Å²) in [6, 6.07) is 5.98. The van der Waals surface area contributed by atoms with Gasteiger partial charge in [-0.25, -0.2) is 4.98 Å². The fourth-order valence-electron chi connectivity index (χ4n) is 2.98. The van der Waals surface area contributed by atoms with E-state index in [-0.39, 0.29) is 6.61 Å². The summed E-state index contributed by atoms with van der Waals surface area (Å²) >= 11 is 0. The standard InChI is InChI=1S/C16H20N2O/c19-12-14(13-6-2-1-3-7-13)10-15-11-18-9-5-4-8-16(18)17-15/h4-5,8-11,13,19H,1-3,6-7,12H2. The van der Waals surface area contributed by atoms with Gasteiger partial charge in [-0.1, -0.05) is 25.3 Å². The van der Waals surface area contributed by atoms with Crippen molar-refractivity contribution in [1.82, 2.24) is 9.38 Å². The highest BCUT2D eigenvalue weighted by Crippen LogP contribution is 2.30. The number of hydrogen-bond donors (Lipinski definition) is 1. The van der Waals surface area contributed by atoms with Crippen molar-refractivity contribution < 1.29 is 5.11 Å². The van der Waals surface area contributed by atoms with Crippen molar-refractivity contribution >= 4 is 11.7 Å². The van der Waals surface area contributed by atoms with Crippen LogP contribution < -0.4 is 0 Å². The zero-order chi connectivity index (χ0) is 13.1. The van der Waals surface area contributed by atoms with Crippen molar-refractivity contribution in [3.8, 4) is 0 Å². The number of hydrogen-bond acceptors (Lipinski definition) is 2. The molecular weight excluding hydrogens is 236 g/mol. The van der Waals surface area contributed by atoms with E-state index < -0.39 is 0 Å². The van der Waals surface area contributed by atoms with Crippen molar-refractivity contribution in [2.45, 2.75) is 32.1 Å². The van der Waals surface area contributed by atoms with Gasteiger partial charge in [-0.05, 0) is 42.5 Å². The Kier molecular flexibility index (Phi) is 3.65. The molecule has 1 aliphatic carbocycles. The summed E-state index contributed by atoms with van der Waals surface area (Å²) in [6.07, 6.45) is 12.4. The maximum atomic E-state index is 9.61. The Morgan fingerprint density at radius 1 is 1.32 bits per heavy atom. The minimum absolute atomic E-state index is 0.151. The Balaban J connectivity index is 1.88. The van der Waals surface area contributed by atoms with Crippen LogP contribution in [-0.4, -0.2) is 21.1 Å². The molecule has 0 atom stereocenters. The van der Waals surface area contributed by atoms with Gasteiger partial charge in [0.25, 0.3) is 0 Å². The molecule has 1 saturated carbocycles. The van der Waals surface area contributed by atoms with Gasteiger partial charge in [0.05, 0.1) is 12.3 Å². The number of pyridine rings is 1. The SMILES string of the molecule is OCC(=Cc1cn2ccccc2n1)C1CCCCC1. The lowest BCUT2D eigenvalue weighted by molar-refractivity contribution is 0.295. The van der Waals surface area contributed by atoms with Crippen LogP contribution in [0.25, 0.3) is 11.7 Å². The molecule has 0 amide bonds. The van der Waals surface area contributed by atoms with Crippen LogP contribution in [0.5, 0.6) is 0 Å². The van der Waals surface area contributed by atoms with Crippen LogP contribution in [0, 0.1) is 5.92 Å². The summed E-state index contributed by atoms with van der Waals surface area (Å²) in [5.41, 5.74) is 3.04. The first-order chi connectivity index (χ1) is 9.36. The highest BCUT2D eigenvalue weighted by atomic mass is 16.3. The fourth-order valence-corrected chi connectivity index (χ4v) is 2.98. The Morgan fingerprint density at radius 3 is 2.89 bits per heavy atom. The van der Waals surface area contributed by atoms with E-state index in [1.54, 1.807) is 0 Å². The largest absolute Gasteiger partial charge is 0.392 e. The lowest BCUT2D eigenvalue weighted by Gasteiger charge is -2.23. The van der Waals surface area contributed by atoms with Gasteiger partial charge < -0.3 is 9.51 Å². The predicted octanol–water partition coefficient (Wildman–Crippen LogP) is 3.29. The molecule has 0 aliphatic heterocycles. The molecule has 0 radical (unpaired) electrons. The molecule has 0 unspecified atom stereocenters. The van der Waals surface area contributed by atoms with Crippen LogP contribution in [0.2, 0.25) is 0 Å². The van der Waals surface area contributed by atoms with Crippen LogP contribution in [0.3, 0.4) is 0 Å². The van der Waals surface area contributed by atoms with Gasteiger partial charge in [0, 0.05) is 12.4 Å². The van der Waals surface area contributed by atoms with E-state index in [9.17, 15) is 5.11 Å². The summed E-state index contributed by atoms with van der Waals surface area (Å²) in [5, 5.41) is 9.61. The monoisotopic (exact) mass is 256 g/mol. The van der Waals surface area contributed by atoms with Gasteiger partial charge in [-0.2, -0.15) is 0 Å². The minimum Gasteiger partial charge on any atom is -0.392 e. The molecule has 0 spiro atoms. The predicted molar refractivity (Wildman–Crippen MR) is 76.8 cm³/mol. The summed E-state index contributed by atoms with van der Waals surface area (Å²) in [6.45, 7) is 0.151. The van der Waals surface area contributed by atoms with Gasteiger partial charge in [0.2, 0.25) is 0 Å². The minimum atomic E-state index is 0.151. The van der Waals surface area contributed by atoms with Crippen molar-refractivity contribution in [1.29, 1.82) is 0 Å². The molecule has 2 heterocycles. The number of rotatable bonds is 3. The molecule has 3 nitrogen and oxygen atoms in total. The van der Waals surface area contributed by atoms with Gasteiger partial charge >= 0.3 is 0 Å². The average molecular weight is 256 g/mol. The van der Waals surface area contributed by atoms with Crippen LogP contribution in [0.1, 0.15) is 37.8 Å². The Labute approximate surface area is 113 Å². The smallest absolute Gasteiger partial charge is 0.137 e. The molecule has 1 aliphatic rings. The second kappa shape index (κ2) is 5.57. The summed E-state index contributed by atoms with van der Waals surface area (Å²) in [7, 11) is 0. The second-order valence-corrected chi connectivity index (χ2v) is 5.34. The zero-order valence-corrected chi connectivity index (χ0v) is 11.1. The number of aliphatic hydroxyl groups is 1. The maximum Gasteiger partial charge on any atom is 0.137 e. The number of imidazole rings is 1. The maximum absolute atomic E-state index is 9.61. The molecule has 0 saturated heterocycles. The van der Waals surface area contributed by atoms with Gasteiger partial charge in [-0.15, -0.1) is 0 Å². The number of aromatic nitrogens is 2. The molecule has 2 aromatic heterocycles. The van der Waals surface area contributed by atoms with Crippen molar-refractivity contribution in [2.75, 3.05) is 6.61 Å². The second-order valence-electron chi connectivity index (χ2n) is 5.34. The molecule has 2 aromatic rings. The van der Waals surface area contributed by atoms with E-state index in [2.05, 4.69) is 11.1 Å². The third kappa shape index (κ3) is 2.71. The lowest BCUT2D eigenvalue weighted by Crippen LogP contribution is -2.11. The third-order valence-corrected chi connectivity index (χ3v) is 4.03. The van der Waals surface area contributed by atoms with Crippen LogP contribution in [-0.2, 0) is 0 Å². The summed E-state index contributed by atoms with van der Waals surface area (Å²) < 4.78 is 2.02. The molecule has 3 rings (SSSR count). The number of aliphatic hydroxyl groups excluding tert-OH is 1. The molecule has 1 fully saturated rings. The van der Waals surface area contributed by atoms with Crippen molar-refractivity contribution in [3.05, 3.63) is 41.9 Å². The fraction of sp³-hybridized carbons (Fsp3) is 0.438.